The number of hydrogen-bond donors (Lipinski definition) is 0. The average molecular weight is 280 g/mol. The first-order valence-electron chi connectivity index (χ1n) is 7.64. The second-order valence-electron chi connectivity index (χ2n) is 6.11. The van der Waals surface area contributed by atoms with E-state index in [2.05, 4.69) is 43.3 Å². The molecule has 2 atom stereocenters. The third-order valence-electron chi connectivity index (χ3n) is 4.43. The Bertz CT molecular complexity index is 652. The van der Waals surface area contributed by atoms with E-state index in [4.69, 9.17) is 0 Å². The smallest absolute Gasteiger partial charge is 0.127 e. The summed E-state index contributed by atoms with van der Waals surface area (Å²) in [5, 5.41) is 0. The maximum Gasteiger partial charge on any atom is 0.127 e. The van der Waals surface area contributed by atoms with E-state index in [0.29, 0.717) is 5.92 Å². The topological polar surface area (TPSA) is 0 Å². The summed E-state index contributed by atoms with van der Waals surface area (Å²) in [4.78, 5) is 0. The minimum Gasteiger partial charge on any atom is -0.207 e. The highest BCUT2D eigenvalue weighted by molar-refractivity contribution is 5.33. The molecule has 0 spiro atoms. The summed E-state index contributed by atoms with van der Waals surface area (Å²) in [5.41, 5.74) is 4.46. The Labute approximate surface area is 126 Å². The molecular formula is C20H21F. The Morgan fingerprint density at radius 2 is 1.43 bits per heavy atom. The van der Waals surface area contributed by atoms with Crippen molar-refractivity contribution in [1.29, 1.82) is 0 Å². The van der Waals surface area contributed by atoms with E-state index >= 15 is 0 Å². The van der Waals surface area contributed by atoms with Gasteiger partial charge >= 0.3 is 0 Å². The molecule has 1 heteroatoms. The number of aryl methyl sites for hydroxylation is 2. The van der Waals surface area contributed by atoms with E-state index < -0.39 is 0 Å². The molecule has 0 saturated carbocycles. The minimum atomic E-state index is -0.0709. The van der Waals surface area contributed by atoms with Crippen molar-refractivity contribution in [3.63, 3.8) is 0 Å². The fraction of sp³-hybridized carbons (Fsp3) is 0.300. The van der Waals surface area contributed by atoms with Gasteiger partial charge in [0.25, 0.3) is 0 Å². The van der Waals surface area contributed by atoms with Gasteiger partial charge in [-0.15, -0.1) is 0 Å². The highest BCUT2D eigenvalue weighted by Crippen LogP contribution is 2.36. The molecule has 1 aliphatic carbocycles. The molecule has 2 aromatic carbocycles. The minimum absolute atomic E-state index is 0.0709. The number of benzene rings is 2. The van der Waals surface area contributed by atoms with E-state index in [0.717, 1.165) is 24.0 Å². The Morgan fingerprint density at radius 3 is 2.05 bits per heavy atom. The van der Waals surface area contributed by atoms with Gasteiger partial charge in [0.1, 0.15) is 5.82 Å². The molecule has 0 nitrogen and oxygen atoms in total. The van der Waals surface area contributed by atoms with Crippen LogP contribution in [0, 0.1) is 19.7 Å². The van der Waals surface area contributed by atoms with E-state index in [1.165, 1.54) is 11.1 Å². The molecule has 1 aliphatic rings. The van der Waals surface area contributed by atoms with Gasteiger partial charge in [0, 0.05) is 11.8 Å². The van der Waals surface area contributed by atoms with Crippen molar-refractivity contribution in [2.24, 2.45) is 0 Å². The summed E-state index contributed by atoms with van der Waals surface area (Å²) in [6, 6.07) is 14.3. The lowest BCUT2D eigenvalue weighted by atomic mass is 9.81. The van der Waals surface area contributed by atoms with Crippen molar-refractivity contribution in [3.8, 4) is 0 Å². The normalized spacial score (nSPS) is 21.5. The first kappa shape index (κ1) is 14.1. The maximum absolute atomic E-state index is 14.1. The highest BCUT2D eigenvalue weighted by atomic mass is 19.1. The Kier molecular flexibility index (Phi) is 3.92. The second kappa shape index (κ2) is 5.85. The van der Waals surface area contributed by atoms with Crippen LogP contribution in [0.15, 0.2) is 54.6 Å². The van der Waals surface area contributed by atoms with Gasteiger partial charge in [-0.25, -0.2) is 4.39 Å². The maximum atomic E-state index is 14.1. The molecule has 0 saturated heterocycles. The van der Waals surface area contributed by atoms with Crippen molar-refractivity contribution in [3.05, 3.63) is 82.7 Å². The summed E-state index contributed by atoms with van der Waals surface area (Å²) < 4.78 is 14.1. The molecule has 0 heterocycles. The molecule has 21 heavy (non-hydrogen) atoms. The number of rotatable bonds is 2. The van der Waals surface area contributed by atoms with Gasteiger partial charge in [0.05, 0.1) is 0 Å². The fourth-order valence-electron chi connectivity index (χ4n) is 3.10. The van der Waals surface area contributed by atoms with Gasteiger partial charge < -0.3 is 0 Å². The van der Waals surface area contributed by atoms with Crippen LogP contribution in [-0.4, -0.2) is 0 Å². The molecule has 0 bridgehead atoms. The fourth-order valence-corrected chi connectivity index (χ4v) is 3.10. The first-order valence-corrected chi connectivity index (χ1v) is 7.64. The van der Waals surface area contributed by atoms with Gasteiger partial charge in [0.15, 0.2) is 0 Å². The van der Waals surface area contributed by atoms with Crippen molar-refractivity contribution in [2.75, 3.05) is 0 Å². The van der Waals surface area contributed by atoms with Crippen LogP contribution >= 0.6 is 0 Å². The lowest BCUT2D eigenvalue weighted by molar-refractivity contribution is 0.555. The number of hydrogen-bond acceptors (Lipinski definition) is 0. The molecule has 0 radical (unpaired) electrons. The Balaban J connectivity index is 1.78. The molecule has 0 N–H and O–H groups in total. The quantitative estimate of drug-likeness (QED) is 0.623. The number of halogens is 1. The molecule has 0 amide bonds. The zero-order valence-corrected chi connectivity index (χ0v) is 12.6. The summed E-state index contributed by atoms with van der Waals surface area (Å²) in [5.74, 6) is 0.612. The van der Waals surface area contributed by atoms with Crippen LogP contribution in [-0.2, 0) is 0 Å². The van der Waals surface area contributed by atoms with E-state index in [1.54, 1.807) is 6.07 Å². The van der Waals surface area contributed by atoms with Crippen molar-refractivity contribution >= 4 is 0 Å². The monoisotopic (exact) mass is 280 g/mol. The van der Waals surface area contributed by atoms with Gasteiger partial charge in [-0.05, 0) is 49.4 Å². The third kappa shape index (κ3) is 3.07. The first-order chi connectivity index (χ1) is 10.1. The molecular weight excluding hydrogens is 259 g/mol. The van der Waals surface area contributed by atoms with E-state index in [1.807, 2.05) is 19.1 Å². The van der Waals surface area contributed by atoms with E-state index in [-0.39, 0.29) is 11.7 Å². The molecule has 3 rings (SSSR count). The Hall–Kier alpha value is -1.89. The molecule has 0 fully saturated rings. The van der Waals surface area contributed by atoms with Crippen LogP contribution in [0.1, 0.15) is 46.9 Å². The summed E-state index contributed by atoms with van der Waals surface area (Å²) in [6.45, 7) is 4.04. The van der Waals surface area contributed by atoms with Gasteiger partial charge in [-0.1, -0.05) is 54.1 Å². The third-order valence-corrected chi connectivity index (χ3v) is 4.43. The predicted molar refractivity (Wildman–Crippen MR) is 86.2 cm³/mol. The summed E-state index contributed by atoms with van der Waals surface area (Å²) in [6.07, 6.45) is 6.52. The summed E-state index contributed by atoms with van der Waals surface area (Å²) >= 11 is 0. The zero-order valence-electron chi connectivity index (χ0n) is 12.6. The van der Waals surface area contributed by atoms with Crippen molar-refractivity contribution in [1.82, 2.24) is 0 Å². The lowest BCUT2D eigenvalue weighted by Crippen LogP contribution is -2.08. The molecule has 0 aliphatic heterocycles. The van der Waals surface area contributed by atoms with Crippen LogP contribution in [0.25, 0.3) is 0 Å². The van der Waals surface area contributed by atoms with Crippen LogP contribution in [0.3, 0.4) is 0 Å². The van der Waals surface area contributed by atoms with E-state index in [9.17, 15) is 4.39 Å². The predicted octanol–water partition coefficient (Wildman–Crippen LogP) is 5.66. The van der Waals surface area contributed by atoms with Crippen molar-refractivity contribution in [2.45, 2.75) is 38.5 Å². The Morgan fingerprint density at radius 1 is 0.810 bits per heavy atom. The number of allylic oxidation sites excluding steroid dienone is 2. The second-order valence-corrected chi connectivity index (χ2v) is 6.11. The van der Waals surface area contributed by atoms with Crippen LogP contribution in [0.2, 0.25) is 0 Å². The van der Waals surface area contributed by atoms with Crippen molar-refractivity contribution < 1.29 is 4.39 Å². The van der Waals surface area contributed by atoms with Gasteiger partial charge in [-0.3, -0.25) is 0 Å². The van der Waals surface area contributed by atoms with Gasteiger partial charge in [-0.2, -0.15) is 0 Å². The van der Waals surface area contributed by atoms with Gasteiger partial charge in [0.2, 0.25) is 0 Å². The molecule has 2 aromatic rings. The summed E-state index contributed by atoms with van der Waals surface area (Å²) in [7, 11) is 0. The zero-order chi connectivity index (χ0) is 14.8. The molecule has 108 valence electrons. The largest absolute Gasteiger partial charge is 0.207 e. The standard InChI is InChI=1S/C20H21F/c1-14-3-6-16(7-4-14)17-8-10-18(11-9-17)19-12-5-15(2)13-20(19)21/h3-8,10,12-13,17-18H,9,11H2,1-2H3. The SMILES string of the molecule is Cc1ccc(C2C=CC(c3ccc(C)cc3F)CC2)cc1. The van der Waals surface area contributed by atoms with Crippen LogP contribution in [0.4, 0.5) is 4.39 Å². The molecule has 2 unspecified atom stereocenters. The molecule has 0 aromatic heterocycles. The lowest BCUT2D eigenvalue weighted by Gasteiger charge is -2.24. The van der Waals surface area contributed by atoms with Crippen LogP contribution < -0.4 is 0 Å². The highest BCUT2D eigenvalue weighted by Gasteiger charge is 2.20. The average Bonchev–Trinajstić information content (AvgIpc) is 2.48. The van der Waals surface area contributed by atoms with Crippen LogP contribution in [0.5, 0.6) is 0 Å².